The highest BCUT2D eigenvalue weighted by Gasteiger charge is 2.37. The number of nitrogens with zero attached hydrogens (tertiary/aromatic N) is 2. The molecule has 0 radical (unpaired) electrons. The smallest absolute Gasteiger partial charge is 0.341 e. The lowest BCUT2D eigenvalue weighted by atomic mass is 9.70. The molecule has 0 spiro atoms. The van der Waals surface area contributed by atoms with Crippen LogP contribution in [-0.2, 0) is 6.42 Å². The zero-order valence-corrected chi connectivity index (χ0v) is 15.7. The average Bonchev–Trinajstić information content (AvgIpc) is 2.98. The number of aromatic amines is 1. The number of hydrogen-bond donors (Lipinski definition) is 2. The van der Waals surface area contributed by atoms with Crippen LogP contribution in [-0.4, -0.2) is 32.6 Å². The molecule has 0 bridgehead atoms. The van der Waals surface area contributed by atoms with Crippen molar-refractivity contribution >= 4 is 11.6 Å². The Morgan fingerprint density at radius 2 is 2.15 bits per heavy atom. The van der Waals surface area contributed by atoms with Gasteiger partial charge >= 0.3 is 5.97 Å². The molecule has 140 valence electrons. The third kappa shape index (κ3) is 2.53. The quantitative estimate of drug-likeness (QED) is 0.725. The van der Waals surface area contributed by atoms with Crippen LogP contribution in [0.5, 0.6) is 5.75 Å². The number of aromatic nitrogens is 3. The van der Waals surface area contributed by atoms with Crippen LogP contribution in [0.3, 0.4) is 0 Å². The van der Waals surface area contributed by atoms with Crippen molar-refractivity contribution < 1.29 is 14.6 Å². The van der Waals surface area contributed by atoms with E-state index in [1.165, 1.54) is 6.07 Å². The largest absolute Gasteiger partial charge is 0.493 e. The number of carbonyl (C=O) groups is 1. The van der Waals surface area contributed by atoms with Crippen molar-refractivity contribution in [3.8, 4) is 17.1 Å². The highest BCUT2D eigenvalue weighted by atomic mass is 16.5. The van der Waals surface area contributed by atoms with Gasteiger partial charge in [-0.15, -0.1) is 0 Å². The van der Waals surface area contributed by atoms with Crippen LogP contribution < -0.4 is 10.3 Å². The van der Waals surface area contributed by atoms with E-state index in [0.29, 0.717) is 29.2 Å². The van der Waals surface area contributed by atoms with Crippen LogP contribution in [0.1, 0.15) is 48.3 Å². The molecule has 7 nitrogen and oxygen atoms in total. The van der Waals surface area contributed by atoms with Gasteiger partial charge in [-0.25, -0.2) is 9.78 Å². The second-order valence-electron chi connectivity index (χ2n) is 7.95. The monoisotopic (exact) mass is 367 g/mol. The minimum atomic E-state index is -1.23. The van der Waals surface area contributed by atoms with Gasteiger partial charge in [0.1, 0.15) is 11.3 Å². The van der Waals surface area contributed by atoms with Gasteiger partial charge in [0.25, 0.3) is 5.56 Å². The van der Waals surface area contributed by atoms with Crippen molar-refractivity contribution in [2.75, 3.05) is 7.11 Å². The number of carboxylic acid groups (broad SMARTS) is 1. The molecule has 0 saturated heterocycles. The summed E-state index contributed by atoms with van der Waals surface area (Å²) in [5.41, 5.74) is 2.74. The van der Waals surface area contributed by atoms with E-state index >= 15 is 0 Å². The van der Waals surface area contributed by atoms with Crippen molar-refractivity contribution in [1.82, 2.24) is 14.4 Å². The van der Waals surface area contributed by atoms with E-state index in [1.54, 1.807) is 7.11 Å². The maximum Gasteiger partial charge on any atom is 0.341 e. The molecule has 1 atom stereocenters. The second kappa shape index (κ2) is 5.70. The number of hydrogen-bond acceptors (Lipinski definition) is 4. The van der Waals surface area contributed by atoms with Crippen LogP contribution in [0, 0.1) is 5.41 Å². The number of pyridine rings is 2. The molecule has 2 N–H and O–H groups in total. The number of methoxy groups -OCH3 is 1. The van der Waals surface area contributed by atoms with Crippen LogP contribution in [0.4, 0.5) is 0 Å². The van der Waals surface area contributed by atoms with Crippen molar-refractivity contribution in [2.45, 2.75) is 33.1 Å². The molecule has 7 heteroatoms. The lowest BCUT2D eigenvalue weighted by Gasteiger charge is -2.35. The summed E-state index contributed by atoms with van der Waals surface area (Å²) in [5.74, 6) is -0.555. The zero-order valence-electron chi connectivity index (χ0n) is 15.7. The Morgan fingerprint density at radius 1 is 1.41 bits per heavy atom. The Morgan fingerprint density at radius 3 is 2.78 bits per heavy atom. The minimum absolute atomic E-state index is 0.0288. The first-order valence-electron chi connectivity index (χ1n) is 8.77. The number of H-pyrrole nitrogens is 1. The molecule has 4 rings (SSSR count). The third-order valence-electron chi connectivity index (χ3n) is 5.29. The van der Waals surface area contributed by atoms with Crippen molar-refractivity contribution in [3.63, 3.8) is 0 Å². The molecule has 0 amide bonds. The molecule has 0 aliphatic heterocycles. The first-order valence-corrected chi connectivity index (χ1v) is 8.77. The number of ether oxygens (including phenoxy) is 1. The van der Waals surface area contributed by atoms with Gasteiger partial charge in [0, 0.05) is 6.20 Å². The summed E-state index contributed by atoms with van der Waals surface area (Å²) in [7, 11) is 1.59. The van der Waals surface area contributed by atoms with Gasteiger partial charge in [0.05, 0.1) is 18.5 Å². The van der Waals surface area contributed by atoms with Gasteiger partial charge in [-0.3, -0.25) is 4.79 Å². The van der Waals surface area contributed by atoms with Gasteiger partial charge in [-0.05, 0) is 41.5 Å². The molecule has 1 aliphatic carbocycles. The van der Waals surface area contributed by atoms with Crippen LogP contribution >= 0.6 is 0 Å². The highest BCUT2D eigenvalue weighted by Crippen LogP contribution is 2.46. The summed E-state index contributed by atoms with van der Waals surface area (Å²) in [6.45, 7) is 6.34. The van der Waals surface area contributed by atoms with Gasteiger partial charge in [-0.2, -0.15) is 0 Å². The Kier molecular flexibility index (Phi) is 3.66. The average molecular weight is 367 g/mol. The SMILES string of the molecule is COc1cccn2c3c(nc12)-c1[nH]c(=O)c(C(=O)O)cc1[C@H](C(C)(C)C)C3. The fourth-order valence-corrected chi connectivity index (χ4v) is 3.90. The number of imidazole rings is 1. The van der Waals surface area contributed by atoms with Crippen molar-refractivity contribution in [2.24, 2.45) is 5.41 Å². The van der Waals surface area contributed by atoms with E-state index < -0.39 is 11.5 Å². The van der Waals surface area contributed by atoms with Crippen LogP contribution in [0.15, 0.2) is 29.2 Å². The lowest BCUT2D eigenvalue weighted by Crippen LogP contribution is -2.29. The predicted molar refractivity (Wildman–Crippen MR) is 101 cm³/mol. The molecule has 1 aliphatic rings. The Hall–Kier alpha value is -3.09. The Bertz CT molecular complexity index is 1130. The Balaban J connectivity index is 2.08. The predicted octanol–water partition coefficient (Wildman–Crippen LogP) is 3.08. The molecule has 27 heavy (non-hydrogen) atoms. The van der Waals surface area contributed by atoms with Gasteiger partial charge in [-0.1, -0.05) is 20.8 Å². The molecule has 3 heterocycles. The number of carboxylic acids is 1. The van der Waals surface area contributed by atoms with E-state index in [2.05, 4.69) is 25.8 Å². The molecule has 0 aromatic carbocycles. The number of nitrogens with one attached hydrogen (secondary N) is 1. The van der Waals surface area contributed by atoms with E-state index in [1.807, 2.05) is 22.7 Å². The topological polar surface area (TPSA) is 96.7 Å². The summed E-state index contributed by atoms with van der Waals surface area (Å²) in [5, 5.41) is 9.38. The van der Waals surface area contributed by atoms with Crippen LogP contribution in [0.2, 0.25) is 0 Å². The Labute approximate surface area is 155 Å². The van der Waals surface area contributed by atoms with Gasteiger partial charge in [0.15, 0.2) is 11.4 Å². The van der Waals surface area contributed by atoms with Gasteiger partial charge in [0.2, 0.25) is 0 Å². The first-order chi connectivity index (χ1) is 12.7. The van der Waals surface area contributed by atoms with E-state index in [4.69, 9.17) is 9.72 Å². The summed E-state index contributed by atoms with van der Waals surface area (Å²) in [6, 6.07) is 5.24. The fourth-order valence-electron chi connectivity index (χ4n) is 3.90. The summed E-state index contributed by atoms with van der Waals surface area (Å²) < 4.78 is 7.41. The summed E-state index contributed by atoms with van der Waals surface area (Å²) in [4.78, 5) is 31.3. The molecule has 0 saturated carbocycles. The zero-order chi connectivity index (χ0) is 19.5. The molecule has 0 unspecified atom stereocenters. The molecule has 3 aromatic rings. The minimum Gasteiger partial charge on any atom is -0.493 e. The standard InChI is InChI=1S/C20H21N3O4/c1-20(2,3)12-9-13-16(21-17-14(27-4)6-5-7-23(13)17)15-10(12)8-11(19(25)26)18(24)22-15/h5-8,12H,9H2,1-4H3,(H,22,24)(H,25,26)/t12-/m1/s1. The number of fused-ring (bicyclic) bond motifs is 5. The number of aromatic carboxylic acids is 1. The molecule has 3 aromatic heterocycles. The maximum atomic E-state index is 12.3. The maximum absolute atomic E-state index is 12.3. The molecule has 0 fully saturated rings. The first kappa shape index (κ1) is 17.3. The van der Waals surface area contributed by atoms with E-state index in [9.17, 15) is 14.7 Å². The lowest BCUT2D eigenvalue weighted by molar-refractivity contribution is 0.0694. The van der Waals surface area contributed by atoms with E-state index in [-0.39, 0.29) is 16.9 Å². The normalized spacial score (nSPS) is 16.1. The fraction of sp³-hybridized carbons (Fsp3) is 0.350. The third-order valence-corrected chi connectivity index (χ3v) is 5.29. The van der Waals surface area contributed by atoms with Gasteiger partial charge < -0.3 is 19.2 Å². The summed E-state index contributed by atoms with van der Waals surface area (Å²) in [6.07, 6.45) is 2.61. The highest BCUT2D eigenvalue weighted by molar-refractivity contribution is 5.88. The van der Waals surface area contributed by atoms with E-state index in [0.717, 1.165) is 11.3 Å². The van der Waals surface area contributed by atoms with Crippen molar-refractivity contribution in [3.05, 3.63) is 51.6 Å². The molecular formula is C20H21N3O4. The number of rotatable bonds is 2. The molecular weight excluding hydrogens is 346 g/mol. The van der Waals surface area contributed by atoms with Crippen molar-refractivity contribution in [1.29, 1.82) is 0 Å². The van der Waals surface area contributed by atoms with Crippen LogP contribution in [0.25, 0.3) is 17.0 Å². The summed E-state index contributed by atoms with van der Waals surface area (Å²) >= 11 is 0. The second-order valence-corrected chi connectivity index (χ2v) is 7.95.